The molecule has 7 heteroatoms. The molecule has 1 saturated heterocycles. The van der Waals surface area contributed by atoms with E-state index in [9.17, 15) is 14.4 Å². The van der Waals surface area contributed by atoms with Crippen molar-refractivity contribution in [2.24, 2.45) is 11.3 Å². The average molecular weight is 328 g/mol. The molecule has 2 amide bonds. The third kappa shape index (κ3) is 5.11. The number of rotatable bonds is 6. The maximum Gasteiger partial charge on any atom is 0.410 e. The molecule has 0 aromatic rings. The van der Waals surface area contributed by atoms with E-state index >= 15 is 0 Å². The van der Waals surface area contributed by atoms with Gasteiger partial charge in [0, 0.05) is 19.6 Å². The summed E-state index contributed by atoms with van der Waals surface area (Å²) in [6, 6.07) is 0. The first kappa shape index (κ1) is 19.3. The molecule has 0 aromatic heterocycles. The molecule has 0 aromatic carbocycles. The van der Waals surface area contributed by atoms with Crippen LogP contribution in [0, 0.1) is 11.3 Å². The second-order valence-corrected chi connectivity index (χ2v) is 7.06. The lowest BCUT2D eigenvalue weighted by molar-refractivity contribution is -0.155. The Balaban J connectivity index is 2.86. The normalized spacial score (nSPS) is 24.2. The van der Waals surface area contributed by atoms with Gasteiger partial charge in [-0.25, -0.2) is 4.79 Å². The van der Waals surface area contributed by atoms with Gasteiger partial charge in [0.25, 0.3) is 0 Å². The van der Waals surface area contributed by atoms with Gasteiger partial charge in [-0.3, -0.25) is 9.59 Å². The molecule has 7 nitrogen and oxygen atoms in total. The van der Waals surface area contributed by atoms with Gasteiger partial charge in [-0.05, 0) is 47.0 Å². The lowest BCUT2D eigenvalue weighted by Crippen LogP contribution is -2.40. The Morgan fingerprint density at radius 1 is 1.39 bits per heavy atom. The summed E-state index contributed by atoms with van der Waals surface area (Å²) >= 11 is 0. The van der Waals surface area contributed by atoms with Crippen molar-refractivity contribution in [3.63, 3.8) is 0 Å². The van der Waals surface area contributed by atoms with Crippen LogP contribution in [0.4, 0.5) is 4.79 Å². The summed E-state index contributed by atoms with van der Waals surface area (Å²) in [7, 11) is 0. The highest BCUT2D eigenvalue weighted by molar-refractivity contribution is 5.79. The molecule has 23 heavy (non-hydrogen) atoms. The molecule has 1 fully saturated rings. The SMILES string of the molecule is CCOC(=O)[C@@]1(C)CN(C(=O)OC(C)(C)C)C[C@H]1CCNC=O. The van der Waals surface area contributed by atoms with Crippen LogP contribution in [0.2, 0.25) is 0 Å². The maximum atomic E-state index is 12.4. The van der Waals surface area contributed by atoms with Gasteiger partial charge in [0.15, 0.2) is 0 Å². The highest BCUT2D eigenvalue weighted by Crippen LogP contribution is 2.39. The number of nitrogens with zero attached hydrogens (tertiary/aromatic N) is 1. The zero-order valence-corrected chi connectivity index (χ0v) is 14.7. The Labute approximate surface area is 137 Å². The molecular formula is C16H28N2O5. The molecule has 1 aliphatic rings. The van der Waals surface area contributed by atoms with Gasteiger partial charge in [0.1, 0.15) is 5.60 Å². The number of hydrogen-bond acceptors (Lipinski definition) is 5. The van der Waals surface area contributed by atoms with Crippen LogP contribution in [0.5, 0.6) is 0 Å². The van der Waals surface area contributed by atoms with Crippen LogP contribution in [0.25, 0.3) is 0 Å². The first-order valence-electron chi connectivity index (χ1n) is 7.96. The van der Waals surface area contributed by atoms with Crippen LogP contribution < -0.4 is 5.32 Å². The first-order valence-corrected chi connectivity index (χ1v) is 7.96. The van der Waals surface area contributed by atoms with Crippen molar-refractivity contribution in [3.8, 4) is 0 Å². The predicted molar refractivity (Wildman–Crippen MR) is 84.7 cm³/mol. The summed E-state index contributed by atoms with van der Waals surface area (Å²) in [5, 5.41) is 2.60. The topological polar surface area (TPSA) is 84.9 Å². The molecule has 0 saturated carbocycles. The van der Waals surface area contributed by atoms with E-state index in [0.29, 0.717) is 32.5 Å². The maximum absolute atomic E-state index is 12.4. The summed E-state index contributed by atoms with van der Waals surface area (Å²) in [5.74, 6) is -0.413. The average Bonchev–Trinajstić information content (AvgIpc) is 2.77. The number of carbonyl (C=O) groups is 3. The fourth-order valence-electron chi connectivity index (χ4n) is 2.78. The Hall–Kier alpha value is -1.79. The second kappa shape index (κ2) is 7.66. The van der Waals surface area contributed by atoms with Gasteiger partial charge in [-0.1, -0.05) is 0 Å². The smallest absolute Gasteiger partial charge is 0.410 e. The van der Waals surface area contributed by atoms with Crippen LogP contribution >= 0.6 is 0 Å². The molecule has 2 atom stereocenters. The Kier molecular flexibility index (Phi) is 6.41. The molecule has 1 aliphatic heterocycles. The van der Waals surface area contributed by atoms with Crippen molar-refractivity contribution < 1.29 is 23.9 Å². The number of hydrogen-bond donors (Lipinski definition) is 1. The van der Waals surface area contributed by atoms with E-state index in [4.69, 9.17) is 9.47 Å². The third-order valence-electron chi connectivity index (χ3n) is 3.98. The molecule has 1 N–H and O–H groups in total. The minimum Gasteiger partial charge on any atom is -0.466 e. The third-order valence-corrected chi connectivity index (χ3v) is 3.98. The number of nitrogens with one attached hydrogen (secondary N) is 1. The standard InChI is InChI=1S/C16H28N2O5/c1-6-22-13(20)16(5)10-18(14(21)23-15(2,3)4)9-12(16)7-8-17-11-19/h11-12H,6-10H2,1-5H3,(H,17,19)/t12-,16+/m1/s1. The number of esters is 1. The van der Waals surface area contributed by atoms with E-state index in [1.54, 1.807) is 39.5 Å². The lowest BCUT2D eigenvalue weighted by atomic mass is 9.78. The number of carbonyl (C=O) groups excluding carboxylic acids is 3. The molecule has 0 aliphatic carbocycles. The van der Waals surface area contributed by atoms with Gasteiger partial charge in [-0.15, -0.1) is 0 Å². The van der Waals surface area contributed by atoms with E-state index in [-0.39, 0.29) is 18.4 Å². The van der Waals surface area contributed by atoms with Crippen LogP contribution in [0.1, 0.15) is 41.0 Å². The van der Waals surface area contributed by atoms with E-state index < -0.39 is 17.1 Å². The highest BCUT2D eigenvalue weighted by Gasteiger charge is 2.51. The summed E-state index contributed by atoms with van der Waals surface area (Å²) in [5.41, 5.74) is -1.38. The molecule has 1 rings (SSSR count). The minimum absolute atomic E-state index is 0.0958. The predicted octanol–water partition coefficient (Wildman–Crippen LogP) is 1.56. The van der Waals surface area contributed by atoms with E-state index in [0.717, 1.165) is 0 Å². The van der Waals surface area contributed by atoms with E-state index in [1.807, 2.05) is 0 Å². The van der Waals surface area contributed by atoms with Crippen molar-refractivity contribution in [2.45, 2.75) is 46.6 Å². The fraction of sp³-hybridized carbons (Fsp3) is 0.812. The Morgan fingerprint density at radius 2 is 2.04 bits per heavy atom. The molecular weight excluding hydrogens is 300 g/mol. The van der Waals surface area contributed by atoms with E-state index in [2.05, 4.69) is 5.32 Å². The first-order chi connectivity index (χ1) is 10.6. The summed E-state index contributed by atoms with van der Waals surface area (Å²) < 4.78 is 10.6. The summed E-state index contributed by atoms with van der Waals surface area (Å²) in [6.45, 7) is 10.4. The fourth-order valence-corrected chi connectivity index (χ4v) is 2.78. The molecule has 0 unspecified atom stereocenters. The zero-order valence-electron chi connectivity index (χ0n) is 14.7. The van der Waals surface area contributed by atoms with Crippen molar-refractivity contribution >= 4 is 18.5 Å². The van der Waals surface area contributed by atoms with Gasteiger partial charge in [-0.2, -0.15) is 0 Å². The monoisotopic (exact) mass is 328 g/mol. The molecule has 0 radical (unpaired) electrons. The van der Waals surface area contributed by atoms with Crippen LogP contribution in [-0.4, -0.2) is 55.2 Å². The Bertz CT molecular complexity index is 446. The number of amides is 2. The summed E-state index contributed by atoms with van der Waals surface area (Å²) in [6.07, 6.45) is 0.786. The molecule has 1 heterocycles. The van der Waals surface area contributed by atoms with Crippen molar-refractivity contribution in [3.05, 3.63) is 0 Å². The largest absolute Gasteiger partial charge is 0.466 e. The zero-order chi connectivity index (χ0) is 17.7. The lowest BCUT2D eigenvalue weighted by Gasteiger charge is -2.28. The van der Waals surface area contributed by atoms with Gasteiger partial charge in [0.2, 0.25) is 6.41 Å². The second-order valence-electron chi connectivity index (χ2n) is 7.06. The molecule has 132 valence electrons. The van der Waals surface area contributed by atoms with E-state index in [1.165, 1.54) is 0 Å². The van der Waals surface area contributed by atoms with Crippen LogP contribution in [0.15, 0.2) is 0 Å². The summed E-state index contributed by atoms with van der Waals surface area (Å²) in [4.78, 5) is 36.6. The quantitative estimate of drug-likeness (QED) is 0.454. The van der Waals surface area contributed by atoms with Gasteiger partial charge in [0.05, 0.1) is 12.0 Å². The molecule has 0 spiro atoms. The molecule has 0 bridgehead atoms. The number of ether oxygens (including phenoxy) is 2. The van der Waals surface area contributed by atoms with Gasteiger partial charge >= 0.3 is 12.1 Å². The van der Waals surface area contributed by atoms with Gasteiger partial charge < -0.3 is 19.7 Å². The highest BCUT2D eigenvalue weighted by atomic mass is 16.6. The van der Waals surface area contributed by atoms with Crippen LogP contribution in [0.3, 0.4) is 0 Å². The van der Waals surface area contributed by atoms with Crippen molar-refractivity contribution in [1.82, 2.24) is 10.2 Å². The number of likely N-dealkylation sites (tertiary alicyclic amines) is 1. The minimum atomic E-state index is -0.794. The van der Waals surface area contributed by atoms with Crippen molar-refractivity contribution in [1.29, 1.82) is 0 Å². The van der Waals surface area contributed by atoms with Crippen molar-refractivity contribution in [2.75, 3.05) is 26.2 Å². The Morgan fingerprint density at radius 3 is 2.57 bits per heavy atom. The van der Waals surface area contributed by atoms with Crippen LogP contribution in [-0.2, 0) is 19.1 Å².